The van der Waals surface area contributed by atoms with Crippen LogP contribution < -0.4 is 21.2 Å². The molecular formula is C18H21N5O2. The molecule has 0 aliphatic carbocycles. The van der Waals surface area contributed by atoms with Crippen LogP contribution in [0.2, 0.25) is 0 Å². The van der Waals surface area contributed by atoms with Gasteiger partial charge in [0.25, 0.3) is 0 Å². The molecule has 130 valence electrons. The third kappa shape index (κ3) is 3.65. The molecule has 0 radical (unpaired) electrons. The first-order valence-electron chi connectivity index (χ1n) is 7.97. The van der Waals surface area contributed by atoms with Gasteiger partial charge < -0.3 is 25.5 Å². The molecule has 0 unspecified atom stereocenters. The minimum atomic E-state index is -0.333. The number of nitrogens with zero attached hydrogens (tertiary/aromatic N) is 1. The Kier molecular flexibility index (Phi) is 4.47. The number of carbonyl (C=O) groups excluding carboxylic acids is 1. The summed E-state index contributed by atoms with van der Waals surface area (Å²) in [5.41, 5.74) is 4.73. The van der Waals surface area contributed by atoms with Crippen LogP contribution in [-0.2, 0) is 6.54 Å². The zero-order chi connectivity index (χ0) is 18.0. The summed E-state index contributed by atoms with van der Waals surface area (Å²) in [7, 11) is 3.95. The second kappa shape index (κ2) is 6.72. The summed E-state index contributed by atoms with van der Waals surface area (Å²) >= 11 is 0. The van der Waals surface area contributed by atoms with Crippen LogP contribution in [0.15, 0.2) is 41.2 Å². The van der Waals surface area contributed by atoms with Crippen molar-refractivity contribution in [2.24, 2.45) is 0 Å². The van der Waals surface area contributed by atoms with Crippen molar-refractivity contribution in [3.63, 3.8) is 0 Å². The third-order valence-electron chi connectivity index (χ3n) is 3.96. The molecule has 1 heterocycles. The standard InChI is InChI=1S/C18H21N5O2/c1-11-7-8-12(15(9-11)23(2)3)10-19-17(24)20-13-5-4-6-14-16(13)22-18(25)21-14/h4-9H,10H2,1-3H3,(H2,19,20,24)(H2,21,22,25). The number of nitrogens with one attached hydrogen (secondary N) is 4. The number of para-hydroxylation sites is 1. The van der Waals surface area contributed by atoms with Crippen LogP contribution in [0.3, 0.4) is 0 Å². The van der Waals surface area contributed by atoms with Gasteiger partial charge in [-0.2, -0.15) is 0 Å². The molecule has 0 saturated heterocycles. The Bertz CT molecular complexity index is 971. The summed E-state index contributed by atoms with van der Waals surface area (Å²) < 4.78 is 0. The number of amides is 2. The van der Waals surface area contributed by atoms with Gasteiger partial charge in [0.05, 0.1) is 16.7 Å². The highest BCUT2D eigenvalue weighted by Gasteiger charge is 2.10. The lowest BCUT2D eigenvalue weighted by Crippen LogP contribution is -2.29. The smallest absolute Gasteiger partial charge is 0.323 e. The van der Waals surface area contributed by atoms with Crippen molar-refractivity contribution in [1.29, 1.82) is 0 Å². The fourth-order valence-electron chi connectivity index (χ4n) is 2.74. The number of hydrogen-bond acceptors (Lipinski definition) is 3. The van der Waals surface area contributed by atoms with Gasteiger partial charge in [-0.15, -0.1) is 0 Å². The van der Waals surface area contributed by atoms with Gasteiger partial charge in [-0.1, -0.05) is 18.2 Å². The number of benzene rings is 2. The van der Waals surface area contributed by atoms with E-state index in [-0.39, 0.29) is 11.7 Å². The average molecular weight is 339 g/mol. The highest BCUT2D eigenvalue weighted by atomic mass is 16.2. The van der Waals surface area contributed by atoms with Crippen molar-refractivity contribution < 1.29 is 4.79 Å². The molecule has 0 atom stereocenters. The number of rotatable bonds is 4. The Labute approximate surface area is 145 Å². The van der Waals surface area contributed by atoms with E-state index in [4.69, 9.17) is 0 Å². The molecule has 2 aromatic carbocycles. The lowest BCUT2D eigenvalue weighted by Gasteiger charge is -2.18. The van der Waals surface area contributed by atoms with Crippen molar-refractivity contribution in [3.05, 3.63) is 58.0 Å². The molecule has 0 saturated carbocycles. The zero-order valence-corrected chi connectivity index (χ0v) is 14.4. The zero-order valence-electron chi connectivity index (χ0n) is 14.4. The van der Waals surface area contributed by atoms with E-state index in [0.717, 1.165) is 11.3 Å². The SMILES string of the molecule is Cc1ccc(CNC(=O)Nc2cccc3[nH]c(=O)[nH]c23)c(N(C)C)c1. The molecule has 0 fully saturated rings. The van der Waals surface area contributed by atoms with Gasteiger partial charge in [-0.25, -0.2) is 9.59 Å². The Morgan fingerprint density at radius 3 is 2.72 bits per heavy atom. The first-order valence-corrected chi connectivity index (χ1v) is 7.97. The summed E-state index contributed by atoms with van der Waals surface area (Å²) in [6, 6.07) is 11.1. The van der Waals surface area contributed by atoms with E-state index >= 15 is 0 Å². The van der Waals surface area contributed by atoms with E-state index in [0.29, 0.717) is 23.3 Å². The van der Waals surface area contributed by atoms with Crippen LogP contribution in [0, 0.1) is 6.92 Å². The van der Waals surface area contributed by atoms with Crippen LogP contribution in [0.1, 0.15) is 11.1 Å². The molecule has 0 spiro atoms. The Morgan fingerprint density at radius 2 is 1.96 bits per heavy atom. The lowest BCUT2D eigenvalue weighted by atomic mass is 10.1. The largest absolute Gasteiger partial charge is 0.377 e. The highest BCUT2D eigenvalue weighted by molar-refractivity contribution is 5.98. The van der Waals surface area contributed by atoms with Gasteiger partial charge in [-0.05, 0) is 36.2 Å². The number of aromatic amines is 2. The summed E-state index contributed by atoms with van der Waals surface area (Å²) in [5.74, 6) is 0. The predicted molar refractivity (Wildman–Crippen MR) is 100 cm³/mol. The Hall–Kier alpha value is -3.22. The number of imidazole rings is 1. The molecule has 1 aromatic heterocycles. The molecule has 0 bridgehead atoms. The van der Waals surface area contributed by atoms with Gasteiger partial charge >= 0.3 is 11.7 Å². The Balaban J connectivity index is 1.72. The molecule has 2 amide bonds. The minimum absolute atomic E-state index is 0.306. The minimum Gasteiger partial charge on any atom is -0.377 e. The maximum absolute atomic E-state index is 12.2. The first kappa shape index (κ1) is 16.6. The summed E-state index contributed by atoms with van der Waals surface area (Å²) in [6.07, 6.45) is 0. The molecule has 7 nitrogen and oxygen atoms in total. The van der Waals surface area contributed by atoms with Gasteiger partial charge in [-0.3, -0.25) is 0 Å². The monoisotopic (exact) mass is 339 g/mol. The maximum Gasteiger partial charge on any atom is 0.323 e. The number of hydrogen-bond donors (Lipinski definition) is 4. The second-order valence-corrected chi connectivity index (χ2v) is 6.14. The molecule has 25 heavy (non-hydrogen) atoms. The molecule has 7 heteroatoms. The number of anilines is 2. The molecule has 4 N–H and O–H groups in total. The topological polar surface area (TPSA) is 93.0 Å². The van der Waals surface area contributed by atoms with Gasteiger partial charge in [0.2, 0.25) is 0 Å². The first-order chi connectivity index (χ1) is 11.9. The van der Waals surface area contributed by atoms with Crippen molar-refractivity contribution in [2.45, 2.75) is 13.5 Å². The normalized spacial score (nSPS) is 10.7. The van der Waals surface area contributed by atoms with E-state index in [1.807, 2.05) is 38.1 Å². The third-order valence-corrected chi connectivity index (χ3v) is 3.96. The van der Waals surface area contributed by atoms with Crippen LogP contribution in [0.5, 0.6) is 0 Å². The average Bonchev–Trinajstić information content (AvgIpc) is 2.95. The number of aryl methyl sites for hydroxylation is 1. The summed E-state index contributed by atoms with van der Waals surface area (Å²) in [6.45, 7) is 2.44. The van der Waals surface area contributed by atoms with Crippen LogP contribution in [0.25, 0.3) is 11.0 Å². The van der Waals surface area contributed by atoms with Crippen molar-refractivity contribution in [1.82, 2.24) is 15.3 Å². The molecule has 0 aliphatic heterocycles. The number of H-pyrrole nitrogens is 2. The number of aromatic nitrogens is 2. The second-order valence-electron chi connectivity index (χ2n) is 6.14. The predicted octanol–water partition coefficient (Wildman–Crippen LogP) is 2.55. The van der Waals surface area contributed by atoms with Crippen molar-refractivity contribution >= 4 is 28.4 Å². The van der Waals surface area contributed by atoms with E-state index in [2.05, 4.69) is 26.7 Å². The molecule has 0 aliphatic rings. The molecular weight excluding hydrogens is 318 g/mol. The van der Waals surface area contributed by atoms with Crippen LogP contribution in [-0.4, -0.2) is 30.1 Å². The fraction of sp³-hybridized carbons (Fsp3) is 0.222. The van der Waals surface area contributed by atoms with E-state index in [1.165, 1.54) is 5.56 Å². The fourth-order valence-corrected chi connectivity index (χ4v) is 2.74. The summed E-state index contributed by atoms with van der Waals surface area (Å²) in [4.78, 5) is 31.0. The highest BCUT2D eigenvalue weighted by Crippen LogP contribution is 2.21. The maximum atomic E-state index is 12.2. The lowest BCUT2D eigenvalue weighted by molar-refractivity contribution is 0.252. The van der Waals surface area contributed by atoms with E-state index < -0.39 is 0 Å². The van der Waals surface area contributed by atoms with E-state index in [1.54, 1.807) is 18.2 Å². The molecule has 3 aromatic rings. The van der Waals surface area contributed by atoms with Crippen molar-refractivity contribution in [3.8, 4) is 0 Å². The van der Waals surface area contributed by atoms with Crippen LogP contribution in [0.4, 0.5) is 16.2 Å². The Morgan fingerprint density at radius 1 is 1.16 bits per heavy atom. The number of fused-ring (bicyclic) bond motifs is 1. The van der Waals surface area contributed by atoms with Crippen LogP contribution >= 0.6 is 0 Å². The number of urea groups is 1. The van der Waals surface area contributed by atoms with E-state index in [9.17, 15) is 9.59 Å². The van der Waals surface area contributed by atoms with Gasteiger partial charge in [0.15, 0.2) is 0 Å². The number of carbonyl (C=O) groups is 1. The molecule has 3 rings (SSSR count). The van der Waals surface area contributed by atoms with Gasteiger partial charge in [0, 0.05) is 26.3 Å². The van der Waals surface area contributed by atoms with Gasteiger partial charge in [0.1, 0.15) is 0 Å². The summed E-state index contributed by atoms with van der Waals surface area (Å²) in [5, 5.41) is 5.63. The van der Waals surface area contributed by atoms with Crippen molar-refractivity contribution in [2.75, 3.05) is 24.3 Å². The quantitative estimate of drug-likeness (QED) is 0.588.